The Morgan fingerprint density at radius 2 is 2.36 bits per heavy atom. The van der Waals surface area contributed by atoms with Crippen LogP contribution in [0.15, 0.2) is 15.2 Å². The van der Waals surface area contributed by atoms with Crippen LogP contribution in [-0.4, -0.2) is 0 Å². The Morgan fingerprint density at radius 1 is 1.64 bits per heavy atom. The summed E-state index contributed by atoms with van der Waals surface area (Å²) in [5.74, 6) is 0.751. The third-order valence-electron chi connectivity index (χ3n) is 2.14. The zero-order chi connectivity index (χ0) is 7.84. The van der Waals surface area contributed by atoms with Gasteiger partial charge in [0.1, 0.15) is 0 Å². The molecule has 1 nitrogen and oxygen atoms in total. The van der Waals surface area contributed by atoms with Gasteiger partial charge >= 0.3 is 0 Å². The average molecular weight is 232 g/mol. The van der Waals surface area contributed by atoms with Crippen LogP contribution >= 0.6 is 27.3 Å². The highest BCUT2D eigenvalue weighted by atomic mass is 79.9. The first-order valence-corrected chi connectivity index (χ1v) is 5.45. The zero-order valence-electron chi connectivity index (χ0n) is 6.09. The fourth-order valence-corrected chi connectivity index (χ4v) is 2.65. The van der Waals surface area contributed by atoms with Gasteiger partial charge in [0.15, 0.2) is 0 Å². The summed E-state index contributed by atoms with van der Waals surface area (Å²) in [6.07, 6.45) is 2.62. The number of hydrogen-bond donors (Lipinski definition) is 1. The SMILES string of the molecule is NC(c1ccsc1Br)C1CC1. The van der Waals surface area contributed by atoms with E-state index in [-0.39, 0.29) is 6.04 Å². The average Bonchev–Trinajstić information content (AvgIpc) is 2.74. The summed E-state index contributed by atoms with van der Waals surface area (Å²) in [6.45, 7) is 0. The minimum Gasteiger partial charge on any atom is -0.324 e. The van der Waals surface area contributed by atoms with Crippen molar-refractivity contribution in [3.63, 3.8) is 0 Å². The Hall–Kier alpha value is 0.140. The van der Waals surface area contributed by atoms with Crippen LogP contribution in [0.3, 0.4) is 0 Å². The predicted octanol–water partition coefficient (Wildman–Crippen LogP) is 2.92. The first kappa shape index (κ1) is 7.77. The molecule has 0 saturated heterocycles. The van der Waals surface area contributed by atoms with E-state index in [1.54, 1.807) is 11.3 Å². The van der Waals surface area contributed by atoms with Gasteiger partial charge in [-0.05, 0) is 51.7 Å². The molecule has 0 spiro atoms. The lowest BCUT2D eigenvalue weighted by Gasteiger charge is -2.07. The lowest BCUT2D eigenvalue weighted by atomic mass is 10.1. The van der Waals surface area contributed by atoms with Crippen molar-refractivity contribution in [3.8, 4) is 0 Å². The molecule has 2 N–H and O–H groups in total. The van der Waals surface area contributed by atoms with Gasteiger partial charge in [0.05, 0.1) is 3.79 Å². The summed E-state index contributed by atoms with van der Waals surface area (Å²) >= 11 is 5.22. The van der Waals surface area contributed by atoms with E-state index in [4.69, 9.17) is 5.73 Å². The Bertz CT molecular complexity index is 254. The maximum absolute atomic E-state index is 6.02. The highest BCUT2D eigenvalue weighted by Crippen LogP contribution is 2.42. The van der Waals surface area contributed by atoms with E-state index in [1.807, 2.05) is 0 Å². The summed E-state index contributed by atoms with van der Waals surface area (Å²) in [5, 5.41) is 2.08. The molecule has 11 heavy (non-hydrogen) atoms. The first-order valence-electron chi connectivity index (χ1n) is 3.77. The van der Waals surface area contributed by atoms with E-state index in [2.05, 4.69) is 27.4 Å². The lowest BCUT2D eigenvalue weighted by molar-refractivity contribution is 0.633. The van der Waals surface area contributed by atoms with Crippen molar-refractivity contribution in [1.29, 1.82) is 0 Å². The van der Waals surface area contributed by atoms with Gasteiger partial charge in [0.25, 0.3) is 0 Å². The molecule has 1 aliphatic rings. The molecule has 60 valence electrons. The van der Waals surface area contributed by atoms with Crippen molar-refractivity contribution in [1.82, 2.24) is 0 Å². The Morgan fingerprint density at radius 3 is 2.82 bits per heavy atom. The first-order chi connectivity index (χ1) is 5.29. The molecule has 3 heteroatoms. The minimum atomic E-state index is 0.274. The van der Waals surface area contributed by atoms with Gasteiger partial charge in [-0.2, -0.15) is 0 Å². The van der Waals surface area contributed by atoms with Crippen LogP contribution in [0, 0.1) is 5.92 Å². The molecule has 1 heterocycles. The summed E-state index contributed by atoms with van der Waals surface area (Å²) < 4.78 is 1.21. The molecule has 1 fully saturated rings. The van der Waals surface area contributed by atoms with Gasteiger partial charge in [-0.15, -0.1) is 11.3 Å². The van der Waals surface area contributed by atoms with E-state index in [0.717, 1.165) is 5.92 Å². The van der Waals surface area contributed by atoms with Crippen LogP contribution in [0.2, 0.25) is 0 Å². The molecule has 1 atom stereocenters. The summed E-state index contributed by atoms with van der Waals surface area (Å²) in [4.78, 5) is 0. The van der Waals surface area contributed by atoms with E-state index >= 15 is 0 Å². The third-order valence-corrected chi connectivity index (χ3v) is 3.87. The second-order valence-corrected chi connectivity index (χ2v) is 5.25. The van der Waals surface area contributed by atoms with Gasteiger partial charge in [0.2, 0.25) is 0 Å². The van der Waals surface area contributed by atoms with Gasteiger partial charge in [-0.25, -0.2) is 0 Å². The van der Waals surface area contributed by atoms with Gasteiger partial charge in [-0.1, -0.05) is 0 Å². The molecule has 0 amide bonds. The Balaban J connectivity index is 2.20. The second-order valence-electron chi connectivity index (χ2n) is 3.01. The highest BCUT2D eigenvalue weighted by molar-refractivity contribution is 9.11. The van der Waals surface area contributed by atoms with E-state index in [1.165, 1.54) is 22.2 Å². The van der Waals surface area contributed by atoms with Crippen molar-refractivity contribution < 1.29 is 0 Å². The van der Waals surface area contributed by atoms with Crippen LogP contribution in [0.4, 0.5) is 0 Å². The third kappa shape index (κ3) is 1.50. The summed E-state index contributed by atoms with van der Waals surface area (Å²) in [5.41, 5.74) is 7.31. The van der Waals surface area contributed by atoms with E-state index < -0.39 is 0 Å². The smallest absolute Gasteiger partial charge is 0.0746 e. The summed E-state index contributed by atoms with van der Waals surface area (Å²) in [6, 6.07) is 2.40. The standard InChI is InChI=1S/C8H10BrNS/c9-8-6(3-4-11-8)7(10)5-1-2-5/h3-5,7H,1-2,10H2. The fraction of sp³-hybridized carbons (Fsp3) is 0.500. The van der Waals surface area contributed by atoms with Gasteiger partial charge < -0.3 is 5.73 Å². The molecule has 1 aliphatic carbocycles. The largest absolute Gasteiger partial charge is 0.324 e. The van der Waals surface area contributed by atoms with Crippen LogP contribution in [0.5, 0.6) is 0 Å². The highest BCUT2D eigenvalue weighted by Gasteiger charge is 2.30. The lowest BCUT2D eigenvalue weighted by Crippen LogP contribution is -2.11. The van der Waals surface area contributed by atoms with Crippen LogP contribution in [0.25, 0.3) is 0 Å². The zero-order valence-corrected chi connectivity index (χ0v) is 8.49. The van der Waals surface area contributed by atoms with E-state index in [9.17, 15) is 0 Å². The number of halogens is 1. The van der Waals surface area contributed by atoms with Crippen molar-refractivity contribution in [2.45, 2.75) is 18.9 Å². The van der Waals surface area contributed by atoms with Crippen molar-refractivity contribution >= 4 is 27.3 Å². The molecule has 0 bridgehead atoms. The van der Waals surface area contributed by atoms with Crippen molar-refractivity contribution in [3.05, 3.63) is 20.8 Å². The molecular weight excluding hydrogens is 222 g/mol. The van der Waals surface area contributed by atoms with Crippen LogP contribution in [0.1, 0.15) is 24.4 Å². The second kappa shape index (κ2) is 2.88. The number of thiophene rings is 1. The normalized spacial score (nSPS) is 20.2. The minimum absolute atomic E-state index is 0.274. The molecule has 2 rings (SSSR count). The molecule has 1 aromatic rings. The van der Waals surface area contributed by atoms with Crippen LogP contribution < -0.4 is 5.73 Å². The van der Waals surface area contributed by atoms with Gasteiger partial charge in [-0.3, -0.25) is 0 Å². The summed E-state index contributed by atoms with van der Waals surface area (Å²) in [7, 11) is 0. The predicted molar refractivity (Wildman–Crippen MR) is 51.7 cm³/mol. The monoisotopic (exact) mass is 231 g/mol. The molecule has 1 unspecified atom stereocenters. The number of nitrogens with two attached hydrogens (primary N) is 1. The van der Waals surface area contributed by atoms with Crippen molar-refractivity contribution in [2.24, 2.45) is 11.7 Å². The van der Waals surface area contributed by atoms with Crippen molar-refractivity contribution in [2.75, 3.05) is 0 Å². The molecule has 0 radical (unpaired) electrons. The molecule has 0 aromatic carbocycles. The van der Waals surface area contributed by atoms with Gasteiger partial charge in [0, 0.05) is 6.04 Å². The number of hydrogen-bond acceptors (Lipinski definition) is 2. The quantitative estimate of drug-likeness (QED) is 0.833. The van der Waals surface area contributed by atoms with E-state index in [0.29, 0.717) is 0 Å². The molecule has 1 saturated carbocycles. The van der Waals surface area contributed by atoms with Crippen LogP contribution in [-0.2, 0) is 0 Å². The molecular formula is C8H10BrNS. The Labute approximate surface area is 78.7 Å². The fourth-order valence-electron chi connectivity index (χ4n) is 1.25. The topological polar surface area (TPSA) is 26.0 Å². The molecule has 0 aliphatic heterocycles. The number of rotatable bonds is 2. The Kier molecular flexibility index (Phi) is 2.04. The maximum atomic E-state index is 6.02. The maximum Gasteiger partial charge on any atom is 0.0746 e. The molecule has 1 aromatic heterocycles.